The summed E-state index contributed by atoms with van der Waals surface area (Å²) in [7, 11) is 0. The predicted molar refractivity (Wildman–Crippen MR) is 145 cm³/mol. The van der Waals surface area contributed by atoms with Crippen LogP contribution in [-0.4, -0.2) is 63.1 Å². The Bertz CT molecular complexity index is 1280. The maximum absolute atomic E-state index is 14.8. The smallest absolute Gasteiger partial charge is 0.279 e. The first-order chi connectivity index (χ1) is 18.7. The van der Waals surface area contributed by atoms with Crippen molar-refractivity contribution in [3.63, 3.8) is 0 Å². The number of carbonyl (C=O) groups is 3. The van der Waals surface area contributed by atoms with E-state index in [1.54, 1.807) is 24.3 Å². The Morgan fingerprint density at radius 1 is 1.15 bits per heavy atom. The monoisotopic (exact) mass is 555 g/mol. The van der Waals surface area contributed by atoms with Crippen LogP contribution >= 0.6 is 0 Å². The van der Waals surface area contributed by atoms with Crippen molar-refractivity contribution in [3.05, 3.63) is 64.5 Å². The van der Waals surface area contributed by atoms with E-state index in [-0.39, 0.29) is 37.2 Å². The second-order valence-corrected chi connectivity index (χ2v) is 12.0. The van der Waals surface area contributed by atoms with Crippen LogP contribution in [0.4, 0.5) is 4.39 Å². The number of nitrogens with zero attached hydrogens (tertiary/aromatic N) is 2. The van der Waals surface area contributed by atoms with Crippen LogP contribution < -0.4 is 10.1 Å². The molecule has 0 saturated carbocycles. The van der Waals surface area contributed by atoms with Crippen LogP contribution in [0.25, 0.3) is 0 Å². The number of aliphatic hydroxyl groups is 1. The molecule has 0 aliphatic carbocycles. The van der Waals surface area contributed by atoms with Crippen LogP contribution in [0, 0.1) is 12.7 Å². The molecule has 1 unspecified atom stereocenters. The molecule has 9 nitrogen and oxygen atoms in total. The standard InChI is InChI=1S/C30H38FN3O6/c1-20-7-6-8-25(23(20)15-34(19-35)30(38)12-11-26(36)32-27(30)37)39-16-22-13-21(9-10-24(22)31)14-33-17-28(2,3)40-29(4,5)18-33/h6-10,13,19,38H,11-12,14-18H2,1-5H3,(H,32,36,37). The van der Waals surface area contributed by atoms with Crippen molar-refractivity contribution in [1.29, 1.82) is 0 Å². The van der Waals surface area contributed by atoms with Crippen LogP contribution in [0.1, 0.15) is 62.8 Å². The number of piperidine rings is 1. The van der Waals surface area contributed by atoms with E-state index in [2.05, 4.69) is 37.9 Å². The van der Waals surface area contributed by atoms with Crippen molar-refractivity contribution in [2.75, 3.05) is 13.1 Å². The molecule has 40 heavy (non-hydrogen) atoms. The summed E-state index contributed by atoms with van der Waals surface area (Å²) >= 11 is 0. The highest BCUT2D eigenvalue weighted by molar-refractivity contribution is 6.02. The number of amides is 3. The first kappa shape index (κ1) is 29.6. The maximum atomic E-state index is 14.8. The molecule has 2 aliphatic rings. The summed E-state index contributed by atoms with van der Waals surface area (Å²) in [6.07, 6.45) is 0.0652. The zero-order chi connectivity index (χ0) is 29.3. The van der Waals surface area contributed by atoms with Crippen molar-refractivity contribution in [1.82, 2.24) is 15.1 Å². The van der Waals surface area contributed by atoms with Gasteiger partial charge >= 0.3 is 0 Å². The Morgan fingerprint density at radius 3 is 2.50 bits per heavy atom. The molecule has 2 aromatic carbocycles. The molecule has 2 fully saturated rings. The fourth-order valence-corrected chi connectivity index (χ4v) is 5.71. The topological polar surface area (TPSA) is 108 Å². The van der Waals surface area contributed by atoms with Crippen molar-refractivity contribution < 1.29 is 33.4 Å². The average molecular weight is 556 g/mol. The summed E-state index contributed by atoms with van der Waals surface area (Å²) in [4.78, 5) is 39.2. The Kier molecular flexibility index (Phi) is 8.35. The summed E-state index contributed by atoms with van der Waals surface area (Å²) in [6.45, 7) is 12.0. The SMILES string of the molecule is Cc1cccc(OCc2cc(CN3CC(C)(C)OC(C)(C)C3)ccc2F)c1CN(C=O)C1(O)CCC(=O)NC1=O. The molecule has 1 atom stereocenters. The molecule has 2 N–H and O–H groups in total. The Labute approximate surface area is 234 Å². The highest BCUT2D eigenvalue weighted by Gasteiger charge is 2.46. The van der Waals surface area contributed by atoms with Crippen molar-refractivity contribution in [2.24, 2.45) is 0 Å². The molecule has 216 valence electrons. The molecule has 10 heteroatoms. The molecule has 0 spiro atoms. The van der Waals surface area contributed by atoms with E-state index in [1.807, 2.05) is 13.0 Å². The third kappa shape index (κ3) is 6.68. The van der Waals surface area contributed by atoms with Crippen molar-refractivity contribution in [2.45, 2.75) is 84.1 Å². The number of benzene rings is 2. The van der Waals surface area contributed by atoms with Gasteiger partial charge in [0.15, 0.2) is 0 Å². The number of halogens is 1. The summed E-state index contributed by atoms with van der Waals surface area (Å²) in [5, 5.41) is 13.0. The summed E-state index contributed by atoms with van der Waals surface area (Å²) in [6, 6.07) is 10.3. The number of carbonyl (C=O) groups excluding carboxylic acids is 3. The molecule has 2 saturated heterocycles. The van der Waals surface area contributed by atoms with Gasteiger partial charge in [-0.15, -0.1) is 0 Å². The third-order valence-electron chi connectivity index (χ3n) is 7.28. The van der Waals surface area contributed by atoms with Gasteiger partial charge < -0.3 is 19.5 Å². The zero-order valence-electron chi connectivity index (χ0n) is 23.8. The van der Waals surface area contributed by atoms with Gasteiger partial charge in [0.25, 0.3) is 5.91 Å². The summed E-state index contributed by atoms with van der Waals surface area (Å²) in [5.74, 6) is -1.46. The fraction of sp³-hybridized carbons (Fsp3) is 0.500. The van der Waals surface area contributed by atoms with Crippen molar-refractivity contribution in [3.8, 4) is 5.75 Å². The largest absolute Gasteiger partial charge is 0.488 e. The minimum Gasteiger partial charge on any atom is -0.488 e. The van der Waals surface area contributed by atoms with E-state index in [0.29, 0.717) is 29.8 Å². The maximum Gasteiger partial charge on any atom is 0.279 e. The first-order valence-electron chi connectivity index (χ1n) is 13.4. The normalized spacial score (nSPS) is 22.5. The van der Waals surface area contributed by atoms with E-state index in [9.17, 15) is 23.9 Å². The van der Waals surface area contributed by atoms with E-state index < -0.39 is 23.4 Å². The molecule has 2 aromatic rings. The number of hydrogen-bond acceptors (Lipinski definition) is 7. The Morgan fingerprint density at radius 2 is 1.85 bits per heavy atom. The van der Waals surface area contributed by atoms with Crippen LogP contribution in [0.3, 0.4) is 0 Å². The third-order valence-corrected chi connectivity index (χ3v) is 7.28. The molecule has 0 bridgehead atoms. The molecule has 0 aromatic heterocycles. The molecule has 0 radical (unpaired) electrons. The molecule has 4 rings (SSSR count). The lowest BCUT2D eigenvalue weighted by Gasteiger charge is -2.47. The number of imide groups is 1. The van der Waals surface area contributed by atoms with Crippen LogP contribution in [0.5, 0.6) is 5.75 Å². The lowest BCUT2D eigenvalue weighted by Crippen LogP contribution is -2.62. The molecular weight excluding hydrogens is 517 g/mol. The van der Waals surface area contributed by atoms with Crippen LogP contribution in [-0.2, 0) is 38.8 Å². The Balaban J connectivity index is 1.50. The van der Waals surface area contributed by atoms with Crippen LogP contribution in [0.15, 0.2) is 36.4 Å². The molecule has 2 heterocycles. The summed E-state index contributed by atoms with van der Waals surface area (Å²) < 4.78 is 27.1. The lowest BCUT2D eigenvalue weighted by molar-refractivity contribution is -0.182. The van der Waals surface area contributed by atoms with Gasteiger partial charge in [-0.2, -0.15) is 0 Å². The number of morpholine rings is 1. The predicted octanol–water partition coefficient (Wildman–Crippen LogP) is 3.19. The highest BCUT2D eigenvalue weighted by atomic mass is 19.1. The number of hydrogen-bond donors (Lipinski definition) is 2. The zero-order valence-corrected chi connectivity index (χ0v) is 23.8. The van der Waals surface area contributed by atoms with Gasteiger partial charge in [-0.3, -0.25) is 24.6 Å². The average Bonchev–Trinajstić information content (AvgIpc) is 2.84. The second-order valence-electron chi connectivity index (χ2n) is 12.0. The second kappa shape index (κ2) is 11.3. The number of nitrogens with one attached hydrogen (secondary N) is 1. The quantitative estimate of drug-likeness (QED) is 0.278. The number of aryl methyl sites for hydroxylation is 1. The van der Waals surface area contributed by atoms with Gasteiger partial charge in [0.2, 0.25) is 18.0 Å². The minimum atomic E-state index is -2.17. The van der Waals surface area contributed by atoms with Gasteiger partial charge in [0.05, 0.1) is 17.7 Å². The molecular formula is C30H38FN3O6. The van der Waals surface area contributed by atoms with Crippen molar-refractivity contribution >= 4 is 18.2 Å². The fourth-order valence-electron chi connectivity index (χ4n) is 5.71. The van der Waals surface area contributed by atoms with Gasteiger partial charge in [-0.05, 0) is 63.9 Å². The van der Waals surface area contributed by atoms with Gasteiger partial charge in [-0.1, -0.05) is 18.2 Å². The number of ether oxygens (including phenoxy) is 2. The van der Waals surface area contributed by atoms with E-state index >= 15 is 0 Å². The molecule has 3 amide bonds. The van der Waals surface area contributed by atoms with E-state index in [4.69, 9.17) is 9.47 Å². The van der Waals surface area contributed by atoms with E-state index in [0.717, 1.165) is 29.1 Å². The van der Waals surface area contributed by atoms with Crippen LogP contribution in [0.2, 0.25) is 0 Å². The van der Waals surface area contributed by atoms with E-state index in [1.165, 1.54) is 6.07 Å². The highest BCUT2D eigenvalue weighted by Crippen LogP contribution is 2.31. The summed E-state index contributed by atoms with van der Waals surface area (Å²) in [5.41, 5.74) is -0.123. The van der Waals surface area contributed by atoms with Gasteiger partial charge in [-0.25, -0.2) is 4.39 Å². The van der Waals surface area contributed by atoms with Gasteiger partial charge in [0.1, 0.15) is 18.2 Å². The lowest BCUT2D eigenvalue weighted by atomic mass is 9.98. The minimum absolute atomic E-state index is 0.0590. The van der Waals surface area contributed by atoms with Gasteiger partial charge in [0, 0.05) is 43.6 Å². The molecule has 2 aliphatic heterocycles. The first-order valence-corrected chi connectivity index (χ1v) is 13.4. The Hall–Kier alpha value is -3.34. The number of rotatable bonds is 9.